The molecule has 18 heavy (non-hydrogen) atoms. The van der Waals surface area contributed by atoms with E-state index in [-0.39, 0.29) is 5.91 Å². The van der Waals surface area contributed by atoms with Crippen molar-refractivity contribution < 1.29 is 4.79 Å². The van der Waals surface area contributed by atoms with E-state index in [4.69, 9.17) is 0 Å². The average Bonchev–Trinajstić information content (AvgIpc) is 2.76. The van der Waals surface area contributed by atoms with Crippen molar-refractivity contribution in [1.29, 1.82) is 0 Å². The number of carbonyl (C=O) groups is 1. The fourth-order valence-electron chi connectivity index (χ4n) is 3.12. The van der Waals surface area contributed by atoms with Crippen molar-refractivity contribution in [3.63, 3.8) is 0 Å². The molecule has 1 saturated heterocycles. The summed E-state index contributed by atoms with van der Waals surface area (Å²) in [6, 6.07) is 1.05. The molecule has 0 radical (unpaired) electrons. The highest BCUT2D eigenvalue weighted by Crippen LogP contribution is 2.17. The van der Waals surface area contributed by atoms with E-state index < -0.39 is 0 Å². The number of rotatable bonds is 5. The number of nitrogens with zero attached hydrogens (tertiary/aromatic N) is 1. The number of hydrogen-bond donors (Lipinski definition) is 2. The first-order valence-corrected chi connectivity index (χ1v) is 7.46. The van der Waals surface area contributed by atoms with Crippen LogP contribution in [0.4, 0.5) is 0 Å². The second kappa shape index (κ2) is 7.10. The van der Waals surface area contributed by atoms with Gasteiger partial charge in [-0.25, -0.2) is 0 Å². The quantitative estimate of drug-likeness (QED) is 0.772. The van der Waals surface area contributed by atoms with Crippen molar-refractivity contribution in [2.45, 2.75) is 57.0 Å². The van der Waals surface area contributed by atoms with Crippen LogP contribution in [0, 0.1) is 0 Å². The molecule has 1 amide bonds. The van der Waals surface area contributed by atoms with Crippen LogP contribution in [0.1, 0.15) is 44.9 Å². The first-order valence-electron chi connectivity index (χ1n) is 7.46. The van der Waals surface area contributed by atoms with Crippen LogP contribution >= 0.6 is 0 Å². The second-order valence-electron chi connectivity index (χ2n) is 5.81. The minimum absolute atomic E-state index is 0.169. The summed E-state index contributed by atoms with van der Waals surface area (Å²) in [7, 11) is 2.17. The lowest BCUT2D eigenvalue weighted by Gasteiger charge is -2.23. The number of carbonyl (C=O) groups excluding carboxylic acids is 1. The Morgan fingerprint density at radius 3 is 2.61 bits per heavy atom. The Morgan fingerprint density at radius 2 is 1.94 bits per heavy atom. The second-order valence-corrected chi connectivity index (χ2v) is 5.81. The van der Waals surface area contributed by atoms with Crippen LogP contribution in [0.15, 0.2) is 0 Å². The molecule has 2 fully saturated rings. The fourth-order valence-corrected chi connectivity index (χ4v) is 3.12. The zero-order valence-corrected chi connectivity index (χ0v) is 11.6. The summed E-state index contributed by atoms with van der Waals surface area (Å²) in [4.78, 5) is 14.2. The van der Waals surface area contributed by atoms with Gasteiger partial charge in [0.2, 0.25) is 5.91 Å². The zero-order chi connectivity index (χ0) is 12.8. The summed E-state index contributed by atoms with van der Waals surface area (Å²) in [5, 5.41) is 6.43. The van der Waals surface area contributed by atoms with Gasteiger partial charge in [0, 0.05) is 18.6 Å². The van der Waals surface area contributed by atoms with E-state index in [1.54, 1.807) is 0 Å². The van der Waals surface area contributed by atoms with Crippen LogP contribution in [-0.2, 0) is 4.79 Å². The zero-order valence-electron chi connectivity index (χ0n) is 11.6. The molecule has 1 saturated carbocycles. The van der Waals surface area contributed by atoms with Gasteiger partial charge in [-0.1, -0.05) is 19.3 Å². The monoisotopic (exact) mass is 253 g/mol. The average molecular weight is 253 g/mol. The molecule has 0 aromatic carbocycles. The highest BCUT2D eigenvalue weighted by molar-refractivity contribution is 5.78. The van der Waals surface area contributed by atoms with Gasteiger partial charge in [-0.2, -0.15) is 0 Å². The molecule has 1 heterocycles. The molecule has 104 valence electrons. The summed E-state index contributed by atoms with van der Waals surface area (Å²) < 4.78 is 0. The third-order valence-electron chi connectivity index (χ3n) is 4.31. The maximum absolute atomic E-state index is 11.8. The number of nitrogens with one attached hydrogen (secondary N) is 2. The van der Waals surface area contributed by atoms with Gasteiger partial charge in [0.25, 0.3) is 0 Å². The highest BCUT2D eigenvalue weighted by atomic mass is 16.1. The Kier molecular flexibility index (Phi) is 5.45. The molecule has 2 N–H and O–H groups in total. The molecule has 0 aromatic heterocycles. The van der Waals surface area contributed by atoms with Crippen LogP contribution in [0.2, 0.25) is 0 Å². The number of likely N-dealkylation sites (tertiary alicyclic amines) is 1. The third kappa shape index (κ3) is 4.25. The Hall–Kier alpha value is -0.610. The predicted octanol–water partition coefficient (Wildman–Crippen LogP) is 1.12. The predicted molar refractivity (Wildman–Crippen MR) is 73.5 cm³/mol. The Labute approximate surface area is 110 Å². The Bertz CT molecular complexity index is 264. The molecular formula is C14H27N3O. The summed E-state index contributed by atoms with van der Waals surface area (Å²) in [6.45, 7) is 2.61. The Morgan fingerprint density at radius 1 is 1.17 bits per heavy atom. The number of amides is 1. The molecule has 1 aliphatic heterocycles. The topological polar surface area (TPSA) is 44.4 Å². The van der Waals surface area contributed by atoms with Crippen LogP contribution < -0.4 is 10.6 Å². The van der Waals surface area contributed by atoms with Crippen molar-refractivity contribution >= 4 is 5.91 Å². The van der Waals surface area contributed by atoms with E-state index in [1.807, 2.05) is 0 Å². The molecule has 4 nitrogen and oxygen atoms in total. The molecule has 0 bridgehead atoms. The standard InChI is InChI=1S/C14H27N3O/c1-17-9-5-8-13(17)10-15-11-14(18)16-12-6-3-2-4-7-12/h12-13,15H,2-11H2,1H3,(H,16,18). The molecule has 4 heteroatoms. The lowest BCUT2D eigenvalue weighted by atomic mass is 9.95. The maximum atomic E-state index is 11.8. The molecule has 0 aromatic rings. The number of likely N-dealkylation sites (N-methyl/N-ethyl adjacent to an activating group) is 1. The Balaban J connectivity index is 1.56. The lowest BCUT2D eigenvalue weighted by molar-refractivity contribution is -0.121. The van der Waals surface area contributed by atoms with Gasteiger partial charge in [0.15, 0.2) is 0 Å². The largest absolute Gasteiger partial charge is 0.352 e. The van der Waals surface area contributed by atoms with Crippen LogP contribution in [0.25, 0.3) is 0 Å². The van der Waals surface area contributed by atoms with E-state index in [2.05, 4.69) is 22.6 Å². The summed E-state index contributed by atoms with van der Waals surface area (Å²) >= 11 is 0. The smallest absolute Gasteiger partial charge is 0.234 e. The van der Waals surface area contributed by atoms with Gasteiger partial charge in [-0.3, -0.25) is 4.79 Å². The van der Waals surface area contributed by atoms with Gasteiger partial charge >= 0.3 is 0 Å². The molecule has 1 atom stereocenters. The maximum Gasteiger partial charge on any atom is 0.234 e. The van der Waals surface area contributed by atoms with Gasteiger partial charge in [0.1, 0.15) is 0 Å². The minimum Gasteiger partial charge on any atom is -0.352 e. The van der Waals surface area contributed by atoms with E-state index >= 15 is 0 Å². The third-order valence-corrected chi connectivity index (χ3v) is 4.31. The first-order chi connectivity index (χ1) is 8.75. The van der Waals surface area contributed by atoms with Gasteiger partial charge in [-0.05, 0) is 39.3 Å². The van der Waals surface area contributed by atoms with Gasteiger partial charge in [0.05, 0.1) is 6.54 Å². The highest BCUT2D eigenvalue weighted by Gasteiger charge is 2.20. The van der Waals surface area contributed by atoms with E-state index in [0.29, 0.717) is 18.6 Å². The number of hydrogen-bond acceptors (Lipinski definition) is 3. The van der Waals surface area contributed by atoms with Gasteiger partial charge in [-0.15, -0.1) is 0 Å². The van der Waals surface area contributed by atoms with E-state index in [1.165, 1.54) is 38.6 Å². The lowest BCUT2D eigenvalue weighted by Crippen LogP contribution is -2.44. The molecular weight excluding hydrogens is 226 g/mol. The first kappa shape index (κ1) is 13.8. The normalized spacial score (nSPS) is 26.4. The SMILES string of the molecule is CN1CCCC1CNCC(=O)NC1CCCCC1. The molecule has 1 aliphatic carbocycles. The van der Waals surface area contributed by atoms with E-state index in [9.17, 15) is 4.79 Å². The molecule has 0 spiro atoms. The van der Waals surface area contributed by atoms with Crippen molar-refractivity contribution in [1.82, 2.24) is 15.5 Å². The summed E-state index contributed by atoms with van der Waals surface area (Å²) in [5.74, 6) is 0.169. The van der Waals surface area contributed by atoms with Crippen LogP contribution in [0.5, 0.6) is 0 Å². The summed E-state index contributed by atoms with van der Waals surface area (Å²) in [5.41, 5.74) is 0. The molecule has 2 rings (SSSR count). The van der Waals surface area contributed by atoms with Crippen molar-refractivity contribution in [3.05, 3.63) is 0 Å². The van der Waals surface area contributed by atoms with Gasteiger partial charge < -0.3 is 15.5 Å². The molecule has 1 unspecified atom stereocenters. The summed E-state index contributed by atoms with van der Waals surface area (Å²) in [6.07, 6.45) is 8.74. The van der Waals surface area contributed by atoms with Crippen LogP contribution in [0.3, 0.4) is 0 Å². The van der Waals surface area contributed by atoms with Crippen LogP contribution in [-0.4, -0.2) is 49.6 Å². The minimum atomic E-state index is 0.169. The fraction of sp³-hybridized carbons (Fsp3) is 0.929. The van der Waals surface area contributed by atoms with E-state index in [0.717, 1.165) is 19.4 Å². The van der Waals surface area contributed by atoms with Crippen molar-refractivity contribution in [3.8, 4) is 0 Å². The van der Waals surface area contributed by atoms with Crippen molar-refractivity contribution in [2.75, 3.05) is 26.7 Å². The molecule has 2 aliphatic rings. The van der Waals surface area contributed by atoms with Crippen molar-refractivity contribution in [2.24, 2.45) is 0 Å².